The number of cyclic esters (lactones) is 1. The molecule has 166 valence electrons. The van der Waals surface area contributed by atoms with Crippen LogP contribution in [0.25, 0.3) is 6.08 Å². The highest BCUT2D eigenvalue weighted by Crippen LogP contribution is 2.30. The fraction of sp³-hybridized carbons (Fsp3) is 0.292. The van der Waals surface area contributed by atoms with Crippen LogP contribution >= 0.6 is 0 Å². The van der Waals surface area contributed by atoms with Gasteiger partial charge in [0.1, 0.15) is 0 Å². The molecular weight excluding hydrogens is 412 g/mol. The first kappa shape index (κ1) is 21.6. The quantitative estimate of drug-likeness (QED) is 0.511. The maximum atomic E-state index is 12.3. The predicted molar refractivity (Wildman–Crippen MR) is 118 cm³/mol. The van der Waals surface area contributed by atoms with Crippen molar-refractivity contribution < 1.29 is 28.5 Å². The number of aryl methyl sites for hydroxylation is 1. The predicted octanol–water partition coefficient (Wildman–Crippen LogP) is 2.59. The van der Waals surface area contributed by atoms with Crippen LogP contribution in [-0.4, -0.2) is 62.7 Å². The number of ether oxygens (including phenoxy) is 4. The van der Waals surface area contributed by atoms with E-state index < -0.39 is 5.97 Å². The van der Waals surface area contributed by atoms with Gasteiger partial charge in [-0.2, -0.15) is 0 Å². The topological polar surface area (TPSA) is 86.7 Å². The third-order valence-corrected chi connectivity index (χ3v) is 5.13. The Morgan fingerprint density at radius 3 is 2.59 bits per heavy atom. The van der Waals surface area contributed by atoms with Crippen LogP contribution < -0.4 is 9.47 Å². The summed E-state index contributed by atoms with van der Waals surface area (Å²) in [5.41, 5.74) is 2.72. The number of amides is 1. The van der Waals surface area contributed by atoms with Crippen LogP contribution in [0.2, 0.25) is 0 Å². The molecule has 8 nitrogen and oxygen atoms in total. The molecule has 2 aliphatic heterocycles. The molecule has 32 heavy (non-hydrogen) atoms. The molecule has 0 saturated carbocycles. The number of carbonyl (C=O) groups excluding carboxylic acids is 2. The number of aliphatic imine (C=N–C) groups is 1. The van der Waals surface area contributed by atoms with Crippen molar-refractivity contribution in [1.82, 2.24) is 4.90 Å². The summed E-state index contributed by atoms with van der Waals surface area (Å²) < 4.78 is 21.7. The Morgan fingerprint density at radius 2 is 1.88 bits per heavy atom. The van der Waals surface area contributed by atoms with E-state index in [2.05, 4.69) is 4.99 Å². The molecule has 4 rings (SSSR count). The van der Waals surface area contributed by atoms with Crippen LogP contribution in [0.1, 0.15) is 16.7 Å². The average molecular weight is 436 g/mol. The molecule has 0 unspecified atom stereocenters. The molecule has 1 saturated heterocycles. The first-order valence-electron chi connectivity index (χ1n) is 10.3. The molecule has 0 aromatic heterocycles. The highest BCUT2D eigenvalue weighted by Gasteiger charge is 2.24. The summed E-state index contributed by atoms with van der Waals surface area (Å²) in [6, 6.07) is 12.8. The third-order valence-electron chi connectivity index (χ3n) is 5.13. The van der Waals surface area contributed by atoms with Gasteiger partial charge in [-0.1, -0.05) is 23.8 Å². The van der Waals surface area contributed by atoms with Gasteiger partial charge in [-0.15, -0.1) is 0 Å². The zero-order chi connectivity index (χ0) is 22.5. The van der Waals surface area contributed by atoms with Gasteiger partial charge in [0.15, 0.2) is 23.8 Å². The van der Waals surface area contributed by atoms with Gasteiger partial charge in [0.05, 0.1) is 20.3 Å². The number of morpholine rings is 1. The summed E-state index contributed by atoms with van der Waals surface area (Å²) in [7, 11) is 1.51. The molecule has 2 aromatic rings. The fourth-order valence-electron chi connectivity index (χ4n) is 3.32. The van der Waals surface area contributed by atoms with Crippen LogP contribution in [0.5, 0.6) is 11.5 Å². The van der Waals surface area contributed by atoms with E-state index in [1.807, 2.05) is 31.2 Å². The molecule has 2 heterocycles. The SMILES string of the molecule is COc1cc(/C=C2\N=C(c3ccc(C)cc3)OC2=O)ccc1OCC(=O)N1CCOCC1. The van der Waals surface area contributed by atoms with Crippen LogP contribution in [0.4, 0.5) is 0 Å². The molecule has 0 bridgehead atoms. The zero-order valence-corrected chi connectivity index (χ0v) is 18.0. The van der Waals surface area contributed by atoms with Crippen molar-refractivity contribution in [3.63, 3.8) is 0 Å². The molecule has 2 aliphatic rings. The maximum absolute atomic E-state index is 12.3. The lowest BCUT2D eigenvalue weighted by atomic mass is 10.1. The number of hydrogen-bond acceptors (Lipinski definition) is 7. The summed E-state index contributed by atoms with van der Waals surface area (Å²) in [4.78, 5) is 30.6. The Balaban J connectivity index is 1.47. The van der Waals surface area contributed by atoms with Crippen LogP contribution in [-0.2, 0) is 19.1 Å². The minimum Gasteiger partial charge on any atom is -0.493 e. The number of nitrogens with zero attached hydrogens (tertiary/aromatic N) is 2. The molecule has 2 aromatic carbocycles. The standard InChI is InChI=1S/C24H24N2O6/c1-16-3-6-18(7-4-16)23-25-19(24(28)32-23)13-17-5-8-20(21(14-17)29-2)31-15-22(27)26-9-11-30-12-10-26/h3-8,13-14H,9-12,15H2,1-2H3/b19-13-. The summed E-state index contributed by atoms with van der Waals surface area (Å²) in [5, 5.41) is 0. The van der Waals surface area contributed by atoms with Crippen molar-refractivity contribution in [2.75, 3.05) is 40.0 Å². The van der Waals surface area contributed by atoms with E-state index in [0.717, 1.165) is 11.1 Å². The van der Waals surface area contributed by atoms with E-state index in [9.17, 15) is 9.59 Å². The Kier molecular flexibility index (Phi) is 6.51. The Morgan fingerprint density at radius 1 is 1.12 bits per heavy atom. The minimum atomic E-state index is -0.518. The van der Waals surface area contributed by atoms with Crippen molar-refractivity contribution in [2.45, 2.75) is 6.92 Å². The van der Waals surface area contributed by atoms with E-state index >= 15 is 0 Å². The summed E-state index contributed by atoms with van der Waals surface area (Å²) >= 11 is 0. The first-order chi connectivity index (χ1) is 15.5. The van der Waals surface area contributed by atoms with Gasteiger partial charge in [-0.25, -0.2) is 9.79 Å². The van der Waals surface area contributed by atoms with E-state index in [4.69, 9.17) is 18.9 Å². The molecular formula is C24H24N2O6. The van der Waals surface area contributed by atoms with Gasteiger partial charge in [0.2, 0.25) is 5.90 Å². The second kappa shape index (κ2) is 9.65. The van der Waals surface area contributed by atoms with Gasteiger partial charge in [0.25, 0.3) is 5.91 Å². The molecule has 1 fully saturated rings. The maximum Gasteiger partial charge on any atom is 0.363 e. The lowest BCUT2D eigenvalue weighted by Gasteiger charge is -2.26. The smallest absolute Gasteiger partial charge is 0.363 e. The number of hydrogen-bond donors (Lipinski definition) is 0. The number of esters is 1. The lowest BCUT2D eigenvalue weighted by molar-refractivity contribution is -0.137. The second-order valence-corrected chi connectivity index (χ2v) is 7.39. The van der Waals surface area contributed by atoms with Crippen LogP contribution in [0.15, 0.2) is 53.2 Å². The van der Waals surface area contributed by atoms with Gasteiger partial charge < -0.3 is 23.8 Å². The lowest BCUT2D eigenvalue weighted by Crippen LogP contribution is -2.43. The van der Waals surface area contributed by atoms with Crippen molar-refractivity contribution in [1.29, 1.82) is 0 Å². The third kappa shape index (κ3) is 4.97. The highest BCUT2D eigenvalue weighted by atomic mass is 16.6. The van der Waals surface area contributed by atoms with Crippen molar-refractivity contribution >= 4 is 23.9 Å². The molecule has 0 aliphatic carbocycles. The van der Waals surface area contributed by atoms with Crippen molar-refractivity contribution in [3.05, 3.63) is 64.9 Å². The molecule has 0 spiro atoms. The van der Waals surface area contributed by atoms with Gasteiger partial charge in [0, 0.05) is 18.7 Å². The Bertz CT molecular complexity index is 1070. The fourth-order valence-corrected chi connectivity index (χ4v) is 3.32. The van der Waals surface area contributed by atoms with Gasteiger partial charge in [-0.3, -0.25) is 4.79 Å². The monoisotopic (exact) mass is 436 g/mol. The first-order valence-corrected chi connectivity index (χ1v) is 10.3. The summed E-state index contributed by atoms with van der Waals surface area (Å²) in [6.45, 7) is 4.09. The summed E-state index contributed by atoms with van der Waals surface area (Å²) in [6.07, 6.45) is 1.62. The van der Waals surface area contributed by atoms with Gasteiger partial charge >= 0.3 is 5.97 Å². The molecule has 0 radical (unpaired) electrons. The van der Waals surface area contributed by atoms with E-state index in [-0.39, 0.29) is 24.1 Å². The number of carbonyl (C=O) groups is 2. The molecule has 8 heteroatoms. The molecule has 0 N–H and O–H groups in total. The Labute approximate surface area is 186 Å². The molecule has 1 amide bonds. The number of rotatable bonds is 6. The average Bonchev–Trinajstić information content (AvgIpc) is 3.18. The normalized spacial score (nSPS) is 17.2. The number of benzene rings is 2. The molecule has 0 atom stereocenters. The second-order valence-electron chi connectivity index (χ2n) is 7.39. The van der Waals surface area contributed by atoms with Crippen molar-refractivity contribution in [3.8, 4) is 11.5 Å². The number of methoxy groups -OCH3 is 1. The Hall–Kier alpha value is -3.65. The van der Waals surface area contributed by atoms with Crippen molar-refractivity contribution in [2.24, 2.45) is 4.99 Å². The largest absolute Gasteiger partial charge is 0.493 e. The summed E-state index contributed by atoms with van der Waals surface area (Å²) in [5.74, 6) is 0.538. The zero-order valence-electron chi connectivity index (χ0n) is 18.0. The van der Waals surface area contributed by atoms with Crippen LogP contribution in [0.3, 0.4) is 0 Å². The van der Waals surface area contributed by atoms with E-state index in [0.29, 0.717) is 43.4 Å². The highest BCUT2D eigenvalue weighted by molar-refractivity contribution is 6.12. The van der Waals surface area contributed by atoms with E-state index in [1.165, 1.54) is 7.11 Å². The van der Waals surface area contributed by atoms with Gasteiger partial charge in [-0.05, 0) is 42.8 Å². The minimum absolute atomic E-state index is 0.0900. The van der Waals surface area contributed by atoms with E-state index in [1.54, 1.807) is 29.2 Å². The van der Waals surface area contributed by atoms with Crippen LogP contribution in [0, 0.1) is 6.92 Å².